The average molecular weight is 314 g/mol. The van der Waals surface area contributed by atoms with E-state index in [0.29, 0.717) is 6.61 Å². The largest absolute Gasteiger partial charge is 0.497 e. The van der Waals surface area contributed by atoms with E-state index in [1.165, 1.54) is 6.92 Å². The standard InChI is InChI=1S/C19H22O4/c1-12(20)23-11-13-5-4-8-19(2)16(13)10-18(21)15-7-6-14(22-3)9-17(15)19/h6-7,9-10,13H,4-5,8,11H2,1-3H3. The SMILES string of the molecule is COc1ccc2c(c1)C1(C)CCCC(COC(C)=O)C1=CC2=O. The van der Waals surface area contributed by atoms with E-state index < -0.39 is 0 Å². The molecule has 2 atom stereocenters. The van der Waals surface area contributed by atoms with E-state index in [2.05, 4.69) is 6.92 Å². The Labute approximate surface area is 136 Å². The quantitative estimate of drug-likeness (QED) is 0.802. The minimum atomic E-state index is -0.276. The van der Waals surface area contributed by atoms with Crippen molar-refractivity contribution in [3.63, 3.8) is 0 Å². The van der Waals surface area contributed by atoms with Crippen LogP contribution in [0.3, 0.4) is 0 Å². The molecule has 1 aromatic carbocycles. The number of fused-ring (bicyclic) bond motifs is 3. The lowest BCUT2D eigenvalue weighted by atomic mass is 9.60. The molecule has 1 aromatic rings. The van der Waals surface area contributed by atoms with Gasteiger partial charge in [-0.05, 0) is 48.3 Å². The molecule has 0 aromatic heterocycles. The molecule has 23 heavy (non-hydrogen) atoms. The number of hydrogen-bond acceptors (Lipinski definition) is 4. The summed E-state index contributed by atoms with van der Waals surface area (Å²) in [6, 6.07) is 5.66. The number of rotatable bonds is 3. The van der Waals surface area contributed by atoms with Crippen LogP contribution in [0.2, 0.25) is 0 Å². The van der Waals surface area contributed by atoms with E-state index in [0.717, 1.165) is 41.7 Å². The van der Waals surface area contributed by atoms with Gasteiger partial charge in [0.2, 0.25) is 0 Å². The molecule has 0 saturated heterocycles. The van der Waals surface area contributed by atoms with Gasteiger partial charge in [0.1, 0.15) is 5.75 Å². The molecule has 1 saturated carbocycles. The van der Waals surface area contributed by atoms with Gasteiger partial charge < -0.3 is 9.47 Å². The summed E-state index contributed by atoms with van der Waals surface area (Å²) in [6.45, 7) is 3.95. The molecule has 3 rings (SSSR count). The van der Waals surface area contributed by atoms with Crippen LogP contribution in [0.15, 0.2) is 29.8 Å². The van der Waals surface area contributed by atoms with Crippen molar-refractivity contribution in [2.45, 2.75) is 38.5 Å². The lowest BCUT2D eigenvalue weighted by molar-refractivity contribution is -0.142. The van der Waals surface area contributed by atoms with Gasteiger partial charge in [-0.1, -0.05) is 13.3 Å². The summed E-state index contributed by atoms with van der Waals surface area (Å²) in [5.41, 5.74) is 2.69. The van der Waals surface area contributed by atoms with Gasteiger partial charge in [0.25, 0.3) is 0 Å². The molecular weight excluding hydrogens is 292 g/mol. The van der Waals surface area contributed by atoms with Crippen molar-refractivity contribution >= 4 is 11.8 Å². The van der Waals surface area contributed by atoms with Crippen LogP contribution >= 0.6 is 0 Å². The van der Waals surface area contributed by atoms with Gasteiger partial charge in [0.15, 0.2) is 5.78 Å². The molecule has 122 valence electrons. The minimum Gasteiger partial charge on any atom is -0.497 e. The predicted molar refractivity (Wildman–Crippen MR) is 86.7 cm³/mol. The number of ether oxygens (including phenoxy) is 2. The molecule has 4 heteroatoms. The predicted octanol–water partition coefficient (Wildman–Crippen LogP) is 3.44. The Morgan fingerprint density at radius 2 is 2.17 bits per heavy atom. The summed E-state index contributed by atoms with van der Waals surface area (Å²) in [6.07, 6.45) is 4.75. The Hall–Kier alpha value is -2.10. The van der Waals surface area contributed by atoms with E-state index in [4.69, 9.17) is 9.47 Å². The Kier molecular flexibility index (Phi) is 4.00. The van der Waals surface area contributed by atoms with Crippen molar-refractivity contribution in [3.8, 4) is 5.75 Å². The molecule has 0 N–H and O–H groups in total. The van der Waals surface area contributed by atoms with Crippen molar-refractivity contribution in [1.29, 1.82) is 0 Å². The second-order valence-electron chi connectivity index (χ2n) is 6.60. The van der Waals surface area contributed by atoms with E-state index in [-0.39, 0.29) is 23.1 Å². The topological polar surface area (TPSA) is 52.6 Å². The molecule has 4 nitrogen and oxygen atoms in total. The zero-order valence-corrected chi connectivity index (χ0v) is 13.8. The van der Waals surface area contributed by atoms with Crippen LogP contribution in [-0.4, -0.2) is 25.5 Å². The van der Waals surface area contributed by atoms with Crippen LogP contribution in [0.1, 0.15) is 49.0 Å². The van der Waals surface area contributed by atoms with Crippen molar-refractivity contribution < 1.29 is 19.1 Å². The van der Waals surface area contributed by atoms with Gasteiger partial charge in [-0.15, -0.1) is 0 Å². The summed E-state index contributed by atoms with van der Waals surface area (Å²) in [5.74, 6) is 0.633. The van der Waals surface area contributed by atoms with Gasteiger partial charge in [-0.25, -0.2) is 0 Å². The number of hydrogen-bond donors (Lipinski definition) is 0. The monoisotopic (exact) mass is 314 g/mol. The molecular formula is C19H22O4. The second-order valence-corrected chi connectivity index (χ2v) is 6.60. The highest BCUT2D eigenvalue weighted by molar-refractivity contribution is 6.08. The highest BCUT2D eigenvalue weighted by atomic mass is 16.5. The molecule has 0 aliphatic heterocycles. The van der Waals surface area contributed by atoms with E-state index in [1.807, 2.05) is 18.2 Å². The number of benzene rings is 1. The highest BCUT2D eigenvalue weighted by Gasteiger charge is 2.43. The van der Waals surface area contributed by atoms with Gasteiger partial charge in [0.05, 0.1) is 13.7 Å². The molecule has 1 fully saturated rings. The summed E-state index contributed by atoms with van der Waals surface area (Å²) in [5, 5.41) is 0. The fraction of sp³-hybridized carbons (Fsp3) is 0.474. The van der Waals surface area contributed by atoms with Crippen molar-refractivity contribution in [2.24, 2.45) is 5.92 Å². The fourth-order valence-corrected chi connectivity index (χ4v) is 3.95. The van der Waals surface area contributed by atoms with Gasteiger partial charge in [-0.3, -0.25) is 9.59 Å². The molecule has 0 radical (unpaired) electrons. The first-order valence-electron chi connectivity index (χ1n) is 8.04. The third-order valence-electron chi connectivity index (χ3n) is 5.17. The Morgan fingerprint density at radius 3 is 2.87 bits per heavy atom. The Balaban J connectivity index is 2.03. The maximum Gasteiger partial charge on any atom is 0.302 e. The zero-order chi connectivity index (χ0) is 16.6. The third-order valence-corrected chi connectivity index (χ3v) is 5.17. The molecule has 2 aliphatic rings. The third kappa shape index (κ3) is 2.67. The van der Waals surface area contributed by atoms with Crippen LogP contribution in [0.5, 0.6) is 5.75 Å². The zero-order valence-electron chi connectivity index (χ0n) is 13.8. The number of ketones is 1. The lowest BCUT2D eigenvalue weighted by Crippen LogP contribution is -2.39. The number of methoxy groups -OCH3 is 1. The van der Waals surface area contributed by atoms with Crippen LogP contribution < -0.4 is 4.74 Å². The summed E-state index contributed by atoms with van der Waals surface area (Å²) < 4.78 is 10.6. The van der Waals surface area contributed by atoms with E-state index >= 15 is 0 Å². The number of esters is 1. The molecule has 2 aliphatic carbocycles. The van der Waals surface area contributed by atoms with E-state index in [9.17, 15) is 9.59 Å². The van der Waals surface area contributed by atoms with E-state index in [1.54, 1.807) is 13.2 Å². The molecule has 0 spiro atoms. The first-order valence-corrected chi connectivity index (χ1v) is 8.04. The Morgan fingerprint density at radius 1 is 1.39 bits per heavy atom. The molecule has 2 unspecified atom stereocenters. The first kappa shape index (κ1) is 15.8. The van der Waals surface area contributed by atoms with Gasteiger partial charge in [0, 0.05) is 23.8 Å². The Bertz CT molecular complexity index is 689. The normalized spacial score (nSPS) is 26.0. The van der Waals surface area contributed by atoms with Crippen molar-refractivity contribution in [1.82, 2.24) is 0 Å². The van der Waals surface area contributed by atoms with Crippen molar-refractivity contribution in [2.75, 3.05) is 13.7 Å². The van der Waals surface area contributed by atoms with Crippen LogP contribution in [-0.2, 0) is 14.9 Å². The first-order chi connectivity index (χ1) is 11.0. The highest BCUT2D eigenvalue weighted by Crippen LogP contribution is 2.50. The smallest absolute Gasteiger partial charge is 0.302 e. The number of allylic oxidation sites excluding steroid dienone is 1. The minimum absolute atomic E-state index is 0.0323. The number of carbonyl (C=O) groups is 2. The molecule has 0 bridgehead atoms. The van der Waals surface area contributed by atoms with Crippen LogP contribution in [0.4, 0.5) is 0 Å². The molecule has 0 amide bonds. The average Bonchev–Trinajstić information content (AvgIpc) is 2.54. The number of carbonyl (C=O) groups excluding carboxylic acids is 2. The summed E-state index contributed by atoms with van der Waals surface area (Å²) in [7, 11) is 1.63. The fourth-order valence-electron chi connectivity index (χ4n) is 3.95. The molecule has 0 heterocycles. The maximum absolute atomic E-state index is 12.5. The van der Waals surface area contributed by atoms with Gasteiger partial charge >= 0.3 is 5.97 Å². The van der Waals surface area contributed by atoms with Crippen LogP contribution in [0.25, 0.3) is 0 Å². The maximum atomic E-state index is 12.5. The summed E-state index contributed by atoms with van der Waals surface area (Å²) >= 11 is 0. The van der Waals surface area contributed by atoms with Crippen molar-refractivity contribution in [3.05, 3.63) is 41.0 Å². The lowest BCUT2D eigenvalue weighted by Gasteiger charge is -2.44. The summed E-state index contributed by atoms with van der Waals surface area (Å²) in [4.78, 5) is 23.7. The van der Waals surface area contributed by atoms with Crippen LogP contribution in [0, 0.1) is 5.92 Å². The van der Waals surface area contributed by atoms with Gasteiger partial charge in [-0.2, -0.15) is 0 Å². The second kappa shape index (κ2) is 5.84.